The summed E-state index contributed by atoms with van der Waals surface area (Å²) in [6, 6.07) is 14.7. The average molecular weight is 329 g/mol. The van der Waals surface area contributed by atoms with Gasteiger partial charge < -0.3 is 19.5 Å². The van der Waals surface area contributed by atoms with Crippen LogP contribution in [0.25, 0.3) is 0 Å². The van der Waals surface area contributed by atoms with Crippen LogP contribution in [0.1, 0.15) is 18.9 Å². The van der Waals surface area contributed by atoms with Gasteiger partial charge in [0.05, 0.1) is 13.7 Å². The predicted molar refractivity (Wildman–Crippen MR) is 93.5 cm³/mol. The van der Waals surface area contributed by atoms with Gasteiger partial charge in [0.2, 0.25) is 0 Å². The number of amides is 1. The summed E-state index contributed by atoms with van der Waals surface area (Å²) in [4.78, 5) is 12.4. The van der Waals surface area contributed by atoms with Crippen molar-refractivity contribution in [3.05, 3.63) is 54.1 Å². The highest BCUT2D eigenvalue weighted by Crippen LogP contribution is 2.20. The summed E-state index contributed by atoms with van der Waals surface area (Å²) < 4.78 is 16.0. The Labute approximate surface area is 142 Å². The third kappa shape index (κ3) is 4.99. The first-order valence-electron chi connectivity index (χ1n) is 7.85. The molecule has 1 unspecified atom stereocenters. The lowest BCUT2D eigenvalue weighted by Crippen LogP contribution is -2.32. The van der Waals surface area contributed by atoms with Crippen molar-refractivity contribution in [3.63, 3.8) is 0 Å². The lowest BCUT2D eigenvalue weighted by Gasteiger charge is -2.17. The molecule has 0 saturated heterocycles. The summed E-state index contributed by atoms with van der Waals surface area (Å²) in [5, 5.41) is 2.89. The average Bonchev–Trinajstić information content (AvgIpc) is 2.60. The number of hydrogen-bond donors (Lipinski definition) is 1. The Kier molecular flexibility index (Phi) is 6.63. The van der Waals surface area contributed by atoms with Crippen LogP contribution in [-0.2, 0) is 16.1 Å². The smallest absolute Gasteiger partial charge is 0.265 e. The summed E-state index contributed by atoms with van der Waals surface area (Å²) in [7, 11) is 3.25. The van der Waals surface area contributed by atoms with E-state index < -0.39 is 6.10 Å². The number of rotatable bonds is 8. The lowest BCUT2D eigenvalue weighted by atomic mass is 10.2. The normalized spacial score (nSPS) is 11.6. The number of anilines is 1. The predicted octanol–water partition coefficient (Wildman–Crippen LogP) is 3.64. The molecule has 2 rings (SSSR count). The second kappa shape index (κ2) is 8.93. The number of ether oxygens (including phenoxy) is 3. The van der Waals surface area contributed by atoms with Gasteiger partial charge in [0.1, 0.15) is 11.5 Å². The Bertz CT molecular complexity index is 655. The van der Waals surface area contributed by atoms with Gasteiger partial charge in [-0.05, 0) is 48.4 Å². The Hall–Kier alpha value is -2.53. The molecular formula is C19H23NO4. The fourth-order valence-electron chi connectivity index (χ4n) is 2.27. The first-order valence-corrected chi connectivity index (χ1v) is 7.85. The molecule has 0 spiro atoms. The summed E-state index contributed by atoms with van der Waals surface area (Å²) in [5.41, 5.74) is 1.73. The molecule has 128 valence electrons. The summed E-state index contributed by atoms with van der Waals surface area (Å²) in [6.45, 7) is 2.42. The van der Waals surface area contributed by atoms with E-state index >= 15 is 0 Å². The van der Waals surface area contributed by atoms with Gasteiger partial charge in [0.15, 0.2) is 6.10 Å². The van der Waals surface area contributed by atoms with Crippen molar-refractivity contribution >= 4 is 11.6 Å². The Morgan fingerprint density at radius 1 is 1.08 bits per heavy atom. The molecule has 5 nitrogen and oxygen atoms in total. The second-order valence-corrected chi connectivity index (χ2v) is 5.31. The van der Waals surface area contributed by atoms with Crippen molar-refractivity contribution < 1.29 is 19.0 Å². The third-order valence-electron chi connectivity index (χ3n) is 3.51. The molecule has 0 aliphatic rings. The largest absolute Gasteiger partial charge is 0.497 e. The van der Waals surface area contributed by atoms with E-state index in [0.29, 0.717) is 18.8 Å². The maximum Gasteiger partial charge on any atom is 0.265 e. The van der Waals surface area contributed by atoms with Crippen LogP contribution in [0, 0.1) is 0 Å². The molecule has 0 radical (unpaired) electrons. The Balaban J connectivity index is 2.01. The van der Waals surface area contributed by atoms with Gasteiger partial charge in [-0.1, -0.05) is 19.1 Å². The quantitative estimate of drug-likeness (QED) is 0.803. The van der Waals surface area contributed by atoms with Gasteiger partial charge in [-0.2, -0.15) is 0 Å². The molecule has 0 saturated carbocycles. The molecule has 0 bridgehead atoms. The van der Waals surface area contributed by atoms with Crippen molar-refractivity contribution in [2.24, 2.45) is 0 Å². The van der Waals surface area contributed by atoms with E-state index in [9.17, 15) is 4.79 Å². The molecule has 2 aromatic rings. The molecular weight excluding hydrogens is 306 g/mol. The van der Waals surface area contributed by atoms with Crippen LogP contribution in [0.3, 0.4) is 0 Å². The minimum Gasteiger partial charge on any atom is -0.497 e. The molecule has 1 atom stereocenters. The molecule has 0 aliphatic heterocycles. The summed E-state index contributed by atoms with van der Waals surface area (Å²) in [5.74, 6) is 1.20. The highest BCUT2D eigenvalue weighted by molar-refractivity contribution is 5.94. The van der Waals surface area contributed by atoms with Gasteiger partial charge in [-0.3, -0.25) is 4.79 Å². The third-order valence-corrected chi connectivity index (χ3v) is 3.51. The van der Waals surface area contributed by atoms with Crippen molar-refractivity contribution in [1.29, 1.82) is 0 Å². The Morgan fingerprint density at radius 3 is 2.42 bits per heavy atom. The fraction of sp³-hybridized carbons (Fsp3) is 0.316. The number of nitrogens with one attached hydrogen (secondary N) is 1. The van der Waals surface area contributed by atoms with Gasteiger partial charge in [0.25, 0.3) is 5.91 Å². The van der Waals surface area contributed by atoms with E-state index in [0.717, 1.165) is 17.0 Å². The lowest BCUT2D eigenvalue weighted by molar-refractivity contribution is -0.122. The van der Waals surface area contributed by atoms with Gasteiger partial charge in [-0.15, -0.1) is 0 Å². The van der Waals surface area contributed by atoms with E-state index in [-0.39, 0.29) is 5.91 Å². The van der Waals surface area contributed by atoms with Gasteiger partial charge >= 0.3 is 0 Å². The monoisotopic (exact) mass is 329 g/mol. The number of hydrogen-bond acceptors (Lipinski definition) is 4. The molecule has 0 aliphatic carbocycles. The molecule has 0 aromatic heterocycles. The first-order chi connectivity index (χ1) is 11.7. The topological polar surface area (TPSA) is 56.8 Å². The van der Waals surface area contributed by atoms with Gasteiger partial charge in [0, 0.05) is 12.8 Å². The van der Waals surface area contributed by atoms with E-state index in [4.69, 9.17) is 14.2 Å². The molecule has 24 heavy (non-hydrogen) atoms. The highest BCUT2D eigenvalue weighted by Gasteiger charge is 2.18. The molecule has 1 N–H and O–H groups in total. The Morgan fingerprint density at radius 2 is 1.79 bits per heavy atom. The summed E-state index contributed by atoms with van der Waals surface area (Å²) >= 11 is 0. The molecule has 5 heteroatoms. The zero-order chi connectivity index (χ0) is 17.4. The van der Waals surface area contributed by atoms with Crippen LogP contribution in [0.15, 0.2) is 48.5 Å². The zero-order valence-electron chi connectivity index (χ0n) is 14.2. The maximum absolute atomic E-state index is 12.4. The zero-order valence-corrected chi connectivity index (χ0v) is 14.2. The number of carbonyl (C=O) groups is 1. The SMILES string of the molecule is CCC(Oc1ccc(OC)cc1)C(=O)Nc1cccc(COC)c1. The molecule has 0 heterocycles. The van der Waals surface area contributed by atoms with Crippen molar-refractivity contribution in [2.45, 2.75) is 26.1 Å². The van der Waals surface area contributed by atoms with E-state index in [2.05, 4.69) is 5.32 Å². The van der Waals surface area contributed by atoms with Crippen molar-refractivity contribution in [1.82, 2.24) is 0 Å². The van der Waals surface area contributed by atoms with E-state index in [1.807, 2.05) is 31.2 Å². The van der Waals surface area contributed by atoms with Crippen LogP contribution in [0.2, 0.25) is 0 Å². The first kappa shape index (κ1) is 17.8. The minimum absolute atomic E-state index is 0.178. The summed E-state index contributed by atoms with van der Waals surface area (Å²) in [6.07, 6.45) is -0.000196. The fourth-order valence-corrected chi connectivity index (χ4v) is 2.27. The van der Waals surface area contributed by atoms with Crippen LogP contribution < -0.4 is 14.8 Å². The number of methoxy groups -OCH3 is 2. The molecule has 0 fully saturated rings. The van der Waals surface area contributed by atoms with Crippen LogP contribution in [-0.4, -0.2) is 26.2 Å². The van der Waals surface area contributed by atoms with Crippen LogP contribution >= 0.6 is 0 Å². The number of carbonyl (C=O) groups excluding carboxylic acids is 1. The number of benzene rings is 2. The maximum atomic E-state index is 12.4. The minimum atomic E-state index is -0.565. The van der Waals surface area contributed by atoms with E-state index in [1.165, 1.54) is 0 Å². The van der Waals surface area contributed by atoms with Crippen LogP contribution in [0.4, 0.5) is 5.69 Å². The molecule has 1 amide bonds. The highest BCUT2D eigenvalue weighted by atomic mass is 16.5. The van der Waals surface area contributed by atoms with E-state index in [1.54, 1.807) is 38.5 Å². The standard InChI is InChI=1S/C19H23NO4/c1-4-18(24-17-10-8-16(23-3)9-11-17)19(21)20-15-7-5-6-14(12-15)13-22-2/h5-12,18H,4,13H2,1-3H3,(H,20,21). The van der Waals surface area contributed by atoms with Crippen molar-refractivity contribution in [3.8, 4) is 11.5 Å². The second-order valence-electron chi connectivity index (χ2n) is 5.31. The van der Waals surface area contributed by atoms with Gasteiger partial charge in [-0.25, -0.2) is 0 Å². The van der Waals surface area contributed by atoms with Crippen molar-refractivity contribution in [2.75, 3.05) is 19.5 Å². The molecule has 2 aromatic carbocycles. The van der Waals surface area contributed by atoms with Crippen LogP contribution in [0.5, 0.6) is 11.5 Å².